The summed E-state index contributed by atoms with van der Waals surface area (Å²) in [6.07, 6.45) is 0. The maximum Gasteiger partial charge on any atom is 0.194 e. The van der Waals surface area contributed by atoms with Crippen molar-refractivity contribution in [1.82, 2.24) is 0 Å². The zero-order chi connectivity index (χ0) is 10.0. The van der Waals surface area contributed by atoms with E-state index in [2.05, 4.69) is 4.74 Å². The van der Waals surface area contributed by atoms with E-state index in [1.807, 2.05) is 0 Å². The van der Waals surface area contributed by atoms with Gasteiger partial charge in [0, 0.05) is 11.6 Å². The van der Waals surface area contributed by atoms with Crippen molar-refractivity contribution < 1.29 is 17.9 Å². The Labute approximate surface area is 78.1 Å². The Hall–Kier alpha value is -0.900. The number of ether oxygens (including phenoxy) is 1. The van der Waals surface area contributed by atoms with Gasteiger partial charge in [-0.2, -0.15) is 0 Å². The first kappa shape index (κ1) is 10.2. The van der Waals surface area contributed by atoms with Crippen LogP contribution in [0.5, 0.6) is 5.75 Å². The van der Waals surface area contributed by atoms with Gasteiger partial charge in [-0.05, 0) is 0 Å². The van der Waals surface area contributed by atoms with E-state index in [-0.39, 0.29) is 17.2 Å². The van der Waals surface area contributed by atoms with E-state index in [0.717, 1.165) is 6.07 Å². The number of methoxy groups -OCH3 is 1. The van der Waals surface area contributed by atoms with Gasteiger partial charge in [0.05, 0.1) is 13.0 Å². The minimum absolute atomic E-state index is 0.0913. The van der Waals surface area contributed by atoms with Crippen LogP contribution in [0.1, 0.15) is 5.56 Å². The molecular weight excluding hydrogens is 205 g/mol. The molecule has 0 bridgehead atoms. The van der Waals surface area contributed by atoms with Crippen molar-refractivity contribution in [3.8, 4) is 5.75 Å². The van der Waals surface area contributed by atoms with Crippen LogP contribution in [0.4, 0.5) is 13.2 Å². The topological polar surface area (TPSA) is 9.23 Å². The molecule has 0 spiro atoms. The lowest BCUT2D eigenvalue weighted by molar-refractivity contribution is 0.385. The zero-order valence-electron chi connectivity index (χ0n) is 6.70. The molecule has 0 atom stereocenters. The van der Waals surface area contributed by atoms with Gasteiger partial charge in [-0.15, -0.1) is 11.6 Å². The van der Waals surface area contributed by atoms with Crippen LogP contribution in [-0.4, -0.2) is 7.11 Å². The fourth-order valence-corrected chi connectivity index (χ4v) is 1.17. The molecule has 1 aromatic rings. The van der Waals surface area contributed by atoms with Crippen LogP contribution in [0.25, 0.3) is 0 Å². The van der Waals surface area contributed by atoms with Gasteiger partial charge in [0.25, 0.3) is 0 Å². The van der Waals surface area contributed by atoms with Gasteiger partial charge in [-0.25, -0.2) is 13.2 Å². The fourth-order valence-electron chi connectivity index (χ4n) is 0.918. The molecule has 1 rings (SSSR count). The smallest absolute Gasteiger partial charge is 0.194 e. The van der Waals surface area contributed by atoms with E-state index in [1.165, 1.54) is 7.11 Å². The lowest BCUT2D eigenvalue weighted by Crippen LogP contribution is -2.00. The number of benzene rings is 1. The molecule has 0 heterocycles. The first-order valence-electron chi connectivity index (χ1n) is 3.38. The van der Waals surface area contributed by atoms with Crippen LogP contribution in [-0.2, 0) is 5.88 Å². The second-order valence-electron chi connectivity index (χ2n) is 2.30. The Morgan fingerprint density at radius 2 is 1.92 bits per heavy atom. The third-order valence-electron chi connectivity index (χ3n) is 1.58. The monoisotopic (exact) mass is 210 g/mol. The van der Waals surface area contributed by atoms with E-state index >= 15 is 0 Å². The van der Waals surface area contributed by atoms with Crippen LogP contribution in [0, 0.1) is 17.5 Å². The highest BCUT2D eigenvalue weighted by molar-refractivity contribution is 6.17. The van der Waals surface area contributed by atoms with Crippen LogP contribution in [0.2, 0.25) is 0 Å². The minimum atomic E-state index is -1.53. The quantitative estimate of drug-likeness (QED) is 0.539. The van der Waals surface area contributed by atoms with E-state index in [1.54, 1.807) is 0 Å². The normalized spacial score (nSPS) is 10.2. The van der Waals surface area contributed by atoms with Crippen LogP contribution in [0.3, 0.4) is 0 Å². The lowest BCUT2D eigenvalue weighted by Gasteiger charge is -2.07. The zero-order valence-corrected chi connectivity index (χ0v) is 7.46. The average Bonchev–Trinajstić information content (AvgIpc) is 2.13. The molecule has 0 saturated carbocycles. The summed E-state index contributed by atoms with van der Waals surface area (Å²) >= 11 is 5.33. The molecule has 0 unspecified atom stereocenters. The Balaban J connectivity index is 3.39. The van der Waals surface area contributed by atoms with Gasteiger partial charge >= 0.3 is 0 Å². The second-order valence-corrected chi connectivity index (χ2v) is 2.57. The lowest BCUT2D eigenvalue weighted by atomic mass is 10.2. The van der Waals surface area contributed by atoms with Crippen molar-refractivity contribution in [3.63, 3.8) is 0 Å². The van der Waals surface area contributed by atoms with Crippen LogP contribution < -0.4 is 4.74 Å². The molecule has 0 aliphatic carbocycles. The van der Waals surface area contributed by atoms with Crippen molar-refractivity contribution in [2.75, 3.05) is 7.11 Å². The molecule has 0 amide bonds. The highest BCUT2D eigenvalue weighted by Crippen LogP contribution is 2.27. The molecule has 72 valence electrons. The summed E-state index contributed by atoms with van der Waals surface area (Å²) in [7, 11) is 1.22. The molecular formula is C8H6ClF3O. The molecule has 0 saturated heterocycles. The molecule has 0 aromatic heterocycles. The Morgan fingerprint density at radius 3 is 2.38 bits per heavy atom. The van der Waals surface area contributed by atoms with Crippen molar-refractivity contribution in [3.05, 3.63) is 29.1 Å². The molecule has 0 radical (unpaired) electrons. The number of halogens is 4. The van der Waals surface area contributed by atoms with E-state index in [9.17, 15) is 13.2 Å². The Bertz CT molecular complexity index is 328. The molecule has 1 nitrogen and oxygen atoms in total. The standard InChI is InChI=1S/C8H6ClF3O/c1-13-6-2-5(10)8(12)7(11)4(6)3-9/h2H,3H2,1H3. The molecule has 0 N–H and O–H groups in total. The predicted octanol–water partition coefficient (Wildman–Crippen LogP) is 2.85. The van der Waals surface area contributed by atoms with Gasteiger partial charge in [-0.3, -0.25) is 0 Å². The third-order valence-corrected chi connectivity index (χ3v) is 1.84. The van der Waals surface area contributed by atoms with Gasteiger partial charge in [0.15, 0.2) is 17.5 Å². The number of alkyl halides is 1. The summed E-state index contributed by atoms with van der Waals surface area (Å²) in [6.45, 7) is 0. The van der Waals surface area contributed by atoms with Gasteiger partial charge in [0.2, 0.25) is 0 Å². The van der Waals surface area contributed by atoms with Gasteiger partial charge in [0.1, 0.15) is 5.75 Å². The maximum atomic E-state index is 12.9. The average molecular weight is 211 g/mol. The van der Waals surface area contributed by atoms with Gasteiger partial charge < -0.3 is 4.74 Å². The van der Waals surface area contributed by atoms with Crippen LogP contribution in [0.15, 0.2) is 6.07 Å². The maximum absolute atomic E-state index is 12.9. The SMILES string of the molecule is COc1cc(F)c(F)c(F)c1CCl. The van der Waals surface area contributed by atoms with Gasteiger partial charge in [-0.1, -0.05) is 0 Å². The molecule has 1 aromatic carbocycles. The number of hydrogen-bond acceptors (Lipinski definition) is 1. The first-order chi connectivity index (χ1) is 6.11. The van der Waals surface area contributed by atoms with Crippen molar-refractivity contribution >= 4 is 11.6 Å². The summed E-state index contributed by atoms with van der Waals surface area (Å²) in [5.74, 6) is -4.48. The Kier molecular flexibility index (Phi) is 3.03. The van der Waals surface area contributed by atoms with E-state index < -0.39 is 17.5 Å². The summed E-state index contributed by atoms with van der Waals surface area (Å²) in [5, 5.41) is 0. The summed E-state index contributed by atoms with van der Waals surface area (Å²) in [5.41, 5.74) is -0.178. The number of rotatable bonds is 2. The minimum Gasteiger partial charge on any atom is -0.496 e. The van der Waals surface area contributed by atoms with Crippen molar-refractivity contribution in [2.45, 2.75) is 5.88 Å². The van der Waals surface area contributed by atoms with Crippen molar-refractivity contribution in [2.24, 2.45) is 0 Å². The van der Waals surface area contributed by atoms with E-state index in [0.29, 0.717) is 0 Å². The van der Waals surface area contributed by atoms with Crippen molar-refractivity contribution in [1.29, 1.82) is 0 Å². The Morgan fingerprint density at radius 1 is 1.31 bits per heavy atom. The third kappa shape index (κ3) is 1.72. The largest absolute Gasteiger partial charge is 0.496 e. The molecule has 0 aliphatic heterocycles. The van der Waals surface area contributed by atoms with E-state index in [4.69, 9.17) is 11.6 Å². The first-order valence-corrected chi connectivity index (χ1v) is 3.91. The second kappa shape index (κ2) is 3.87. The summed E-state index contributed by atoms with van der Waals surface area (Å²) in [6, 6.07) is 0.760. The molecule has 0 fully saturated rings. The molecule has 13 heavy (non-hydrogen) atoms. The predicted molar refractivity (Wildman–Crippen MR) is 42.4 cm³/mol. The highest BCUT2D eigenvalue weighted by Gasteiger charge is 2.18. The highest BCUT2D eigenvalue weighted by atomic mass is 35.5. The molecule has 0 aliphatic rings. The molecule has 5 heteroatoms. The fraction of sp³-hybridized carbons (Fsp3) is 0.250. The summed E-state index contributed by atoms with van der Waals surface area (Å²) in [4.78, 5) is 0. The van der Waals surface area contributed by atoms with Crippen LogP contribution >= 0.6 is 11.6 Å². The summed E-state index contributed by atoms with van der Waals surface area (Å²) < 4.78 is 42.8. The number of hydrogen-bond donors (Lipinski definition) is 0.